The van der Waals surface area contributed by atoms with Gasteiger partial charge >= 0.3 is 17.8 Å². The van der Waals surface area contributed by atoms with E-state index in [-0.39, 0.29) is 29.6 Å². The molecule has 1 aliphatic carbocycles. The van der Waals surface area contributed by atoms with Crippen LogP contribution in [0.2, 0.25) is 0 Å². The number of hydrogen-bond acceptors (Lipinski definition) is 4. The number of benzene rings is 1. The third kappa shape index (κ3) is 3.75. The van der Waals surface area contributed by atoms with E-state index in [1.54, 1.807) is 13.8 Å². The molecule has 2 atom stereocenters. The molecule has 1 saturated carbocycles. The molecule has 3 rings (SSSR count). The van der Waals surface area contributed by atoms with E-state index >= 15 is 4.39 Å². The molecule has 1 heterocycles. The second-order valence-corrected chi connectivity index (χ2v) is 8.72. The Labute approximate surface area is 174 Å². The Morgan fingerprint density at radius 1 is 1.33 bits per heavy atom. The lowest BCUT2D eigenvalue weighted by atomic mass is 9.84. The fraction of sp³-hybridized carbons (Fsp3) is 0.545. The first-order valence-electron chi connectivity index (χ1n) is 10.1. The molecule has 0 spiro atoms. The number of amides is 2. The van der Waals surface area contributed by atoms with Crippen LogP contribution in [-0.4, -0.2) is 42.2 Å². The molecular weight excluding hydrogens is 394 g/mol. The summed E-state index contributed by atoms with van der Waals surface area (Å²) in [7, 11) is 1.29. The number of nitrogens with zero attached hydrogens (tertiary/aromatic N) is 1. The van der Waals surface area contributed by atoms with Gasteiger partial charge in [0, 0.05) is 6.54 Å². The number of ether oxygens (including phenoxy) is 1. The van der Waals surface area contributed by atoms with E-state index < -0.39 is 40.8 Å². The Morgan fingerprint density at radius 2 is 1.97 bits per heavy atom. The molecule has 1 aromatic rings. The number of fused-ring (bicyclic) bond motifs is 1. The summed E-state index contributed by atoms with van der Waals surface area (Å²) in [5.74, 6) is -3.56. The van der Waals surface area contributed by atoms with Crippen LogP contribution in [0, 0.1) is 23.5 Å². The lowest BCUT2D eigenvalue weighted by Crippen LogP contribution is -2.37. The van der Waals surface area contributed by atoms with E-state index in [1.807, 2.05) is 0 Å². The van der Waals surface area contributed by atoms with Gasteiger partial charge < -0.3 is 10.1 Å². The van der Waals surface area contributed by atoms with Gasteiger partial charge in [0.2, 0.25) is 6.21 Å². The van der Waals surface area contributed by atoms with Crippen molar-refractivity contribution in [3.8, 4) is 0 Å². The molecule has 0 bridgehead atoms. The fourth-order valence-corrected chi connectivity index (χ4v) is 3.79. The lowest BCUT2D eigenvalue weighted by Gasteiger charge is -2.17. The molecule has 0 saturated heterocycles. The van der Waals surface area contributed by atoms with E-state index in [9.17, 15) is 18.8 Å². The van der Waals surface area contributed by atoms with E-state index in [2.05, 4.69) is 10.1 Å². The molecule has 0 radical (unpaired) electrons. The molecule has 1 aliphatic heterocycles. The smallest absolute Gasteiger partial charge is 0.403 e. The van der Waals surface area contributed by atoms with Crippen LogP contribution < -0.4 is 5.32 Å². The highest BCUT2D eigenvalue weighted by atomic mass is 19.1. The van der Waals surface area contributed by atoms with Crippen LogP contribution in [0.5, 0.6) is 0 Å². The van der Waals surface area contributed by atoms with E-state index in [0.717, 1.165) is 29.7 Å². The van der Waals surface area contributed by atoms with Crippen molar-refractivity contribution in [3.63, 3.8) is 0 Å². The summed E-state index contributed by atoms with van der Waals surface area (Å²) in [6.07, 6.45) is 2.54. The Hall–Kier alpha value is -2.64. The molecule has 6 nitrogen and oxygen atoms in total. The summed E-state index contributed by atoms with van der Waals surface area (Å²) < 4.78 is 35.7. The molecule has 2 aliphatic rings. The van der Waals surface area contributed by atoms with Gasteiger partial charge in [0.1, 0.15) is 11.2 Å². The quantitative estimate of drug-likeness (QED) is 0.566. The second kappa shape index (κ2) is 7.89. The zero-order valence-electron chi connectivity index (χ0n) is 17.8. The molecule has 30 heavy (non-hydrogen) atoms. The first kappa shape index (κ1) is 22.1. The maximum Gasteiger partial charge on any atom is 0.403 e. The number of halogens is 2. The van der Waals surface area contributed by atoms with Crippen molar-refractivity contribution in [2.24, 2.45) is 11.8 Å². The van der Waals surface area contributed by atoms with Gasteiger partial charge in [0.15, 0.2) is 5.82 Å². The predicted molar refractivity (Wildman–Crippen MR) is 106 cm³/mol. The van der Waals surface area contributed by atoms with Crippen molar-refractivity contribution in [2.45, 2.75) is 51.9 Å². The predicted octanol–water partition coefficient (Wildman–Crippen LogP) is 2.94. The zero-order chi connectivity index (χ0) is 22.4. The largest absolute Gasteiger partial charge is 0.469 e. The number of esters is 1. The van der Waals surface area contributed by atoms with Crippen LogP contribution in [0.25, 0.3) is 0 Å². The lowest BCUT2D eigenvalue weighted by molar-refractivity contribution is -0.360. The third-order valence-corrected chi connectivity index (χ3v) is 6.13. The summed E-state index contributed by atoms with van der Waals surface area (Å²) in [4.78, 5) is 36.9. The van der Waals surface area contributed by atoms with Crippen molar-refractivity contribution >= 4 is 29.7 Å². The number of hydrogen-bond donors (Lipinski definition) is 1. The zero-order valence-corrected chi connectivity index (χ0v) is 17.8. The topological polar surface area (TPSA) is 75.5 Å². The van der Waals surface area contributed by atoms with Gasteiger partial charge in [-0.15, -0.1) is 4.58 Å². The summed E-state index contributed by atoms with van der Waals surface area (Å²) in [5.41, 5.74) is -1.22. The standard InChI is InChI=1S/C22H26F2N2O4/c1-11(12(2)20(28)30-5)9-25-16(27)10-26-19-15(23)8-14(13-6-7-13)18(24)17(19)22(3,4)21(26)29/h8,10-13H,6-7,9H2,1-5H3/p+1/t11-,12+/m1/s1. The Morgan fingerprint density at radius 3 is 2.53 bits per heavy atom. The van der Waals surface area contributed by atoms with Crippen molar-refractivity contribution in [1.82, 2.24) is 5.32 Å². The maximum atomic E-state index is 15.2. The third-order valence-electron chi connectivity index (χ3n) is 6.13. The monoisotopic (exact) mass is 421 g/mol. The summed E-state index contributed by atoms with van der Waals surface area (Å²) in [6.45, 7) is 6.67. The molecular formula is C22H27F2N2O4+. The number of carbonyl (C=O) groups is 3. The molecule has 8 heteroatoms. The normalized spacial score (nSPS) is 20.6. The average molecular weight is 421 g/mol. The molecule has 0 unspecified atom stereocenters. The van der Waals surface area contributed by atoms with Crippen LogP contribution in [0.4, 0.5) is 14.5 Å². The summed E-state index contributed by atoms with van der Waals surface area (Å²) in [6, 6.07) is 1.14. The summed E-state index contributed by atoms with van der Waals surface area (Å²) >= 11 is 0. The first-order chi connectivity index (χ1) is 14.0. The van der Waals surface area contributed by atoms with Crippen molar-refractivity contribution < 1.29 is 32.5 Å². The van der Waals surface area contributed by atoms with Gasteiger partial charge in [-0.3, -0.25) is 9.59 Å². The van der Waals surface area contributed by atoms with Crippen molar-refractivity contribution in [2.75, 3.05) is 13.7 Å². The van der Waals surface area contributed by atoms with Crippen LogP contribution in [0.15, 0.2) is 6.07 Å². The van der Waals surface area contributed by atoms with Gasteiger partial charge in [-0.25, -0.2) is 9.18 Å². The van der Waals surface area contributed by atoms with Gasteiger partial charge in [0.05, 0.1) is 18.6 Å². The fourth-order valence-electron chi connectivity index (χ4n) is 3.79. The number of nitrogens with one attached hydrogen (secondary N) is 1. The number of rotatable bonds is 6. The minimum absolute atomic E-state index is 0.00821. The summed E-state index contributed by atoms with van der Waals surface area (Å²) in [5, 5.41) is 2.61. The van der Waals surface area contributed by atoms with Gasteiger partial charge in [-0.05, 0) is 50.2 Å². The van der Waals surface area contributed by atoms with E-state index in [1.165, 1.54) is 21.0 Å². The number of carbonyl (C=O) groups excluding carboxylic acids is 3. The van der Waals surface area contributed by atoms with Gasteiger partial charge in [-0.1, -0.05) is 13.8 Å². The second-order valence-electron chi connectivity index (χ2n) is 8.72. The molecule has 1 N–H and O–H groups in total. The van der Waals surface area contributed by atoms with Crippen LogP contribution in [-0.2, 0) is 24.5 Å². The molecule has 162 valence electrons. The van der Waals surface area contributed by atoms with E-state index in [4.69, 9.17) is 0 Å². The molecule has 1 aromatic carbocycles. The first-order valence-corrected chi connectivity index (χ1v) is 10.1. The van der Waals surface area contributed by atoms with Gasteiger partial charge in [-0.2, -0.15) is 4.39 Å². The maximum absolute atomic E-state index is 15.2. The number of methoxy groups -OCH3 is 1. The molecule has 2 amide bonds. The van der Waals surface area contributed by atoms with Crippen LogP contribution >= 0.6 is 0 Å². The Kier molecular flexibility index (Phi) is 5.80. The Balaban J connectivity index is 1.88. The highest BCUT2D eigenvalue weighted by molar-refractivity contribution is 6.25. The van der Waals surface area contributed by atoms with E-state index in [0.29, 0.717) is 5.56 Å². The van der Waals surface area contributed by atoms with Gasteiger partial charge in [0.25, 0.3) is 5.69 Å². The molecule has 1 fully saturated rings. The minimum atomic E-state index is -1.30. The van der Waals surface area contributed by atoms with Crippen molar-refractivity contribution in [3.05, 3.63) is 28.8 Å². The SMILES string of the molecule is COC(=O)[C@@H](C)[C@H](C)CNC(=O)C=[N+]1C(=O)C(C)(C)c2c(F)c(C3CC3)cc(F)c21. The Bertz CT molecular complexity index is 951. The average Bonchev–Trinajstić information content (AvgIpc) is 3.51. The molecule has 0 aromatic heterocycles. The van der Waals surface area contributed by atoms with Crippen LogP contribution in [0.3, 0.4) is 0 Å². The minimum Gasteiger partial charge on any atom is -0.469 e. The van der Waals surface area contributed by atoms with Crippen LogP contribution in [0.1, 0.15) is 57.6 Å². The highest BCUT2D eigenvalue weighted by Crippen LogP contribution is 2.49. The highest BCUT2D eigenvalue weighted by Gasteiger charge is 2.55. The van der Waals surface area contributed by atoms with Crippen molar-refractivity contribution in [1.29, 1.82) is 0 Å².